The van der Waals surface area contributed by atoms with Gasteiger partial charge in [0.05, 0.1) is 5.69 Å². The summed E-state index contributed by atoms with van der Waals surface area (Å²) in [4.78, 5) is 26.3. The van der Waals surface area contributed by atoms with Gasteiger partial charge in [-0.05, 0) is 109 Å². The molecule has 6 aromatic carbocycles. The van der Waals surface area contributed by atoms with E-state index in [0.29, 0.717) is 23.4 Å². The second-order valence-corrected chi connectivity index (χ2v) is 14.2. The highest BCUT2D eigenvalue weighted by atomic mass is 15.3. The van der Waals surface area contributed by atoms with E-state index in [4.69, 9.17) is 19.9 Å². The average molecular weight is 703 g/mol. The van der Waals surface area contributed by atoms with Gasteiger partial charge in [0.25, 0.3) is 0 Å². The molecule has 0 unspecified atom stereocenters. The van der Waals surface area contributed by atoms with Crippen molar-refractivity contribution in [1.29, 1.82) is 0 Å². The summed E-state index contributed by atoms with van der Waals surface area (Å²) in [6.07, 6.45) is 3.31. The van der Waals surface area contributed by atoms with Gasteiger partial charge >= 0.3 is 0 Å². The Balaban J connectivity index is 1.32. The monoisotopic (exact) mass is 702 g/mol. The van der Waals surface area contributed by atoms with Crippen LogP contribution in [0.5, 0.6) is 0 Å². The van der Waals surface area contributed by atoms with Crippen molar-refractivity contribution in [3.8, 4) is 22.8 Å². The highest BCUT2D eigenvalue weighted by Crippen LogP contribution is 2.42. The fourth-order valence-electron chi connectivity index (χ4n) is 8.07. The van der Waals surface area contributed by atoms with E-state index in [1.165, 1.54) is 50.1 Å². The highest BCUT2D eigenvalue weighted by molar-refractivity contribution is 5.95. The van der Waals surface area contributed by atoms with Gasteiger partial charge < -0.3 is 0 Å². The van der Waals surface area contributed by atoms with E-state index < -0.39 is 0 Å². The molecule has 0 fully saturated rings. The first-order valence-corrected chi connectivity index (χ1v) is 18.4. The molecule has 0 aliphatic heterocycles. The van der Waals surface area contributed by atoms with Crippen LogP contribution in [0.1, 0.15) is 56.0 Å². The van der Waals surface area contributed by atoms with Crippen molar-refractivity contribution in [3.63, 3.8) is 0 Å². The number of aryl methyl sites for hydroxylation is 6. The number of hydrogen-bond donors (Lipinski definition) is 0. The van der Waals surface area contributed by atoms with Crippen LogP contribution in [-0.4, -0.2) is 24.9 Å². The lowest BCUT2D eigenvalue weighted by Crippen LogP contribution is -2.17. The smallest absolute Gasteiger partial charge is 0.239 e. The molecule has 6 heteroatoms. The number of fused-ring (bicyclic) bond motifs is 1. The van der Waals surface area contributed by atoms with Crippen LogP contribution in [0.15, 0.2) is 140 Å². The molecule has 0 radical (unpaired) electrons. The minimum Gasteiger partial charge on any atom is -0.263 e. The van der Waals surface area contributed by atoms with Gasteiger partial charge in [-0.25, -0.2) is 15.0 Å². The molecule has 0 bridgehead atoms. The van der Waals surface area contributed by atoms with Crippen LogP contribution in [-0.2, 0) is 0 Å². The molecular weight excluding hydrogens is 661 g/mol. The maximum absolute atomic E-state index is 5.19. The van der Waals surface area contributed by atoms with Crippen LogP contribution in [0.2, 0.25) is 0 Å². The third kappa shape index (κ3) is 6.63. The van der Waals surface area contributed by atoms with Gasteiger partial charge in [-0.1, -0.05) is 120 Å². The normalized spacial score (nSPS) is 11.3. The predicted molar refractivity (Wildman–Crippen MR) is 221 cm³/mol. The Morgan fingerprint density at radius 2 is 1.13 bits per heavy atom. The summed E-state index contributed by atoms with van der Waals surface area (Å²) >= 11 is 0. The largest absolute Gasteiger partial charge is 0.263 e. The second-order valence-electron chi connectivity index (χ2n) is 14.2. The number of anilines is 3. The maximum Gasteiger partial charge on any atom is 0.239 e. The minimum atomic E-state index is 0.0487. The molecule has 8 rings (SSSR count). The highest BCUT2D eigenvalue weighted by Gasteiger charge is 2.26. The van der Waals surface area contributed by atoms with Crippen LogP contribution < -0.4 is 4.90 Å². The average Bonchev–Trinajstić information content (AvgIpc) is 3.17. The van der Waals surface area contributed by atoms with E-state index in [0.717, 1.165) is 27.6 Å². The molecule has 0 aliphatic rings. The standard InChI is InChI=1S/C48H42N6/c1-30-25-32(3)43(33(4)26-30)45(44-34(5)27-31(2)28-35(44)6)37-19-21-39(22-20-37)54(42-23-24-49-29-50-42)48-52-46(38-14-8-7-9-15-38)51-47(53-48)41-18-12-16-36-13-10-11-17-40(36)41/h7-29,45H,1-6H3. The van der Waals surface area contributed by atoms with Gasteiger partial charge in [0.2, 0.25) is 5.95 Å². The lowest BCUT2D eigenvalue weighted by atomic mass is 9.77. The first kappa shape index (κ1) is 34.6. The van der Waals surface area contributed by atoms with Gasteiger partial charge in [-0.2, -0.15) is 9.97 Å². The van der Waals surface area contributed by atoms with Gasteiger partial charge in [-0.15, -0.1) is 0 Å². The Labute approximate surface area is 317 Å². The summed E-state index contributed by atoms with van der Waals surface area (Å²) in [5, 5.41) is 2.19. The van der Waals surface area contributed by atoms with Crippen LogP contribution in [0.3, 0.4) is 0 Å². The van der Waals surface area contributed by atoms with Crippen molar-refractivity contribution in [3.05, 3.63) is 190 Å². The molecule has 264 valence electrons. The van der Waals surface area contributed by atoms with Crippen LogP contribution in [0.25, 0.3) is 33.5 Å². The molecular formula is C48H42N6. The number of hydrogen-bond acceptors (Lipinski definition) is 6. The van der Waals surface area contributed by atoms with E-state index in [-0.39, 0.29) is 5.92 Å². The summed E-state index contributed by atoms with van der Waals surface area (Å²) in [7, 11) is 0. The zero-order valence-electron chi connectivity index (χ0n) is 31.5. The van der Waals surface area contributed by atoms with E-state index in [9.17, 15) is 0 Å². The van der Waals surface area contributed by atoms with Gasteiger partial charge in [0.1, 0.15) is 12.1 Å². The van der Waals surface area contributed by atoms with Crippen molar-refractivity contribution in [2.75, 3.05) is 4.90 Å². The van der Waals surface area contributed by atoms with Crippen molar-refractivity contribution in [1.82, 2.24) is 24.9 Å². The summed E-state index contributed by atoms with van der Waals surface area (Å²) in [5.41, 5.74) is 14.3. The fraction of sp³-hybridized carbons (Fsp3) is 0.146. The van der Waals surface area contributed by atoms with E-state index >= 15 is 0 Å². The molecule has 0 atom stereocenters. The third-order valence-electron chi connectivity index (χ3n) is 10.2. The summed E-state index contributed by atoms with van der Waals surface area (Å²) in [6, 6.07) is 44.5. The van der Waals surface area contributed by atoms with Crippen LogP contribution in [0, 0.1) is 41.5 Å². The molecule has 2 aromatic heterocycles. The van der Waals surface area contributed by atoms with E-state index in [1.54, 1.807) is 12.5 Å². The number of benzene rings is 6. The molecule has 0 spiro atoms. The summed E-state index contributed by atoms with van der Waals surface area (Å²) < 4.78 is 0. The van der Waals surface area contributed by atoms with Gasteiger partial charge in [-0.3, -0.25) is 4.90 Å². The van der Waals surface area contributed by atoms with Crippen LogP contribution >= 0.6 is 0 Å². The number of nitrogens with zero attached hydrogens (tertiary/aromatic N) is 6. The molecule has 0 saturated heterocycles. The maximum atomic E-state index is 5.19. The quantitative estimate of drug-likeness (QED) is 0.147. The van der Waals surface area contributed by atoms with Gasteiger partial charge in [0, 0.05) is 23.2 Å². The van der Waals surface area contributed by atoms with E-state index in [1.807, 2.05) is 53.4 Å². The molecule has 2 heterocycles. The number of aromatic nitrogens is 5. The molecule has 54 heavy (non-hydrogen) atoms. The SMILES string of the molecule is Cc1cc(C)c(C(c2ccc(N(c3ccncn3)c3nc(-c4ccccc4)nc(-c4cccc5ccccc45)n3)cc2)c2c(C)cc(C)cc2C)c(C)c1. The summed E-state index contributed by atoms with van der Waals surface area (Å²) in [6.45, 7) is 13.3. The topological polar surface area (TPSA) is 67.7 Å². The van der Waals surface area contributed by atoms with Crippen LogP contribution in [0.4, 0.5) is 17.5 Å². The Morgan fingerprint density at radius 3 is 1.76 bits per heavy atom. The van der Waals surface area contributed by atoms with E-state index in [2.05, 4.69) is 125 Å². The zero-order chi connectivity index (χ0) is 37.3. The van der Waals surface area contributed by atoms with Crippen molar-refractivity contribution in [2.45, 2.75) is 47.5 Å². The first-order valence-electron chi connectivity index (χ1n) is 18.4. The Morgan fingerprint density at radius 1 is 0.537 bits per heavy atom. The van der Waals surface area contributed by atoms with Crippen molar-refractivity contribution >= 4 is 28.2 Å². The first-order chi connectivity index (χ1) is 26.2. The lowest BCUT2D eigenvalue weighted by molar-refractivity contribution is 0.918. The van der Waals surface area contributed by atoms with Gasteiger partial charge in [0.15, 0.2) is 11.6 Å². The second kappa shape index (κ2) is 14.5. The molecule has 6 nitrogen and oxygen atoms in total. The Kier molecular flexibility index (Phi) is 9.26. The molecule has 0 saturated carbocycles. The lowest BCUT2D eigenvalue weighted by Gasteiger charge is -2.28. The molecule has 0 N–H and O–H groups in total. The Hall–Kier alpha value is -6.53. The molecule has 0 amide bonds. The minimum absolute atomic E-state index is 0.0487. The Bertz CT molecular complexity index is 2510. The van der Waals surface area contributed by atoms with Crippen molar-refractivity contribution in [2.24, 2.45) is 0 Å². The zero-order valence-corrected chi connectivity index (χ0v) is 31.5. The third-order valence-corrected chi connectivity index (χ3v) is 10.2. The molecule has 8 aromatic rings. The summed E-state index contributed by atoms with van der Waals surface area (Å²) in [5.74, 6) is 2.33. The predicted octanol–water partition coefficient (Wildman–Crippen LogP) is 11.6. The fourth-order valence-corrected chi connectivity index (χ4v) is 8.07. The van der Waals surface area contributed by atoms with Crippen molar-refractivity contribution < 1.29 is 0 Å². The molecule has 0 aliphatic carbocycles. The number of rotatable bonds is 8.